The molecule has 0 unspecified atom stereocenters. The molecule has 0 aliphatic rings. The quantitative estimate of drug-likeness (QED) is 0.641. The first-order valence-electron chi connectivity index (χ1n) is 3.61. The van der Waals surface area contributed by atoms with E-state index >= 15 is 0 Å². The Morgan fingerprint density at radius 1 is 1.55 bits per heavy atom. The predicted molar refractivity (Wildman–Crippen MR) is 45.7 cm³/mol. The van der Waals surface area contributed by atoms with Crippen molar-refractivity contribution in [3.8, 4) is 0 Å². The SMILES string of the molecule is CCS(=O)(=O)N(C)[C@H](C)CN. The molecule has 11 heavy (non-hydrogen) atoms. The molecule has 0 aromatic rings. The molecule has 0 saturated heterocycles. The van der Waals surface area contributed by atoms with Crippen molar-refractivity contribution in [2.45, 2.75) is 19.9 Å². The van der Waals surface area contributed by atoms with Crippen molar-refractivity contribution in [3.63, 3.8) is 0 Å². The average molecular weight is 180 g/mol. The van der Waals surface area contributed by atoms with Gasteiger partial charge in [-0.3, -0.25) is 0 Å². The van der Waals surface area contributed by atoms with Crippen LogP contribution in [0.5, 0.6) is 0 Å². The van der Waals surface area contributed by atoms with Gasteiger partial charge in [-0.25, -0.2) is 12.7 Å². The van der Waals surface area contributed by atoms with Gasteiger partial charge in [-0.1, -0.05) is 0 Å². The molecule has 0 aliphatic carbocycles. The van der Waals surface area contributed by atoms with Crippen LogP contribution in [-0.2, 0) is 10.0 Å². The van der Waals surface area contributed by atoms with Gasteiger partial charge in [0.25, 0.3) is 0 Å². The smallest absolute Gasteiger partial charge is 0.213 e. The van der Waals surface area contributed by atoms with Crippen molar-refractivity contribution < 1.29 is 8.42 Å². The molecule has 0 fully saturated rings. The number of rotatable bonds is 4. The van der Waals surface area contributed by atoms with Crippen molar-refractivity contribution in [1.82, 2.24) is 4.31 Å². The summed E-state index contributed by atoms with van der Waals surface area (Å²) in [6.07, 6.45) is 0. The molecule has 2 N–H and O–H groups in total. The lowest BCUT2D eigenvalue weighted by Crippen LogP contribution is -2.40. The van der Waals surface area contributed by atoms with Crippen LogP contribution in [0.4, 0.5) is 0 Å². The number of hydrogen-bond acceptors (Lipinski definition) is 3. The molecular weight excluding hydrogens is 164 g/mol. The molecule has 0 aliphatic heterocycles. The fourth-order valence-corrected chi connectivity index (χ4v) is 1.67. The first-order chi connectivity index (χ1) is 4.95. The largest absolute Gasteiger partial charge is 0.329 e. The first-order valence-corrected chi connectivity index (χ1v) is 5.22. The summed E-state index contributed by atoms with van der Waals surface area (Å²) in [4.78, 5) is 0. The van der Waals surface area contributed by atoms with E-state index in [0.717, 1.165) is 0 Å². The standard InChI is InChI=1S/C6H16N2O2S/c1-4-11(9,10)8(3)6(2)5-7/h6H,4-5,7H2,1-3H3/t6-/m1/s1. The van der Waals surface area contributed by atoms with Crippen molar-refractivity contribution in [2.24, 2.45) is 5.73 Å². The molecule has 1 atom stereocenters. The zero-order valence-corrected chi connectivity index (χ0v) is 8.06. The second-order valence-corrected chi connectivity index (χ2v) is 4.82. The van der Waals surface area contributed by atoms with Crippen LogP contribution in [0, 0.1) is 0 Å². The van der Waals surface area contributed by atoms with E-state index in [1.54, 1.807) is 20.9 Å². The van der Waals surface area contributed by atoms with Gasteiger partial charge in [-0.2, -0.15) is 0 Å². The van der Waals surface area contributed by atoms with Gasteiger partial charge in [0.15, 0.2) is 0 Å². The lowest BCUT2D eigenvalue weighted by atomic mass is 10.4. The molecule has 0 bridgehead atoms. The summed E-state index contributed by atoms with van der Waals surface area (Å²) in [5, 5.41) is 0. The highest BCUT2D eigenvalue weighted by molar-refractivity contribution is 7.89. The van der Waals surface area contributed by atoms with E-state index in [4.69, 9.17) is 5.73 Å². The Labute approximate surface area is 68.4 Å². The summed E-state index contributed by atoms with van der Waals surface area (Å²) in [5.41, 5.74) is 5.32. The van der Waals surface area contributed by atoms with E-state index in [1.807, 2.05) is 0 Å². The van der Waals surface area contributed by atoms with Crippen molar-refractivity contribution in [3.05, 3.63) is 0 Å². The van der Waals surface area contributed by atoms with E-state index in [9.17, 15) is 8.42 Å². The van der Waals surface area contributed by atoms with Gasteiger partial charge in [0.2, 0.25) is 10.0 Å². The van der Waals surface area contributed by atoms with Gasteiger partial charge in [-0.05, 0) is 13.8 Å². The van der Waals surface area contributed by atoms with Crippen molar-refractivity contribution in [1.29, 1.82) is 0 Å². The number of nitrogens with zero attached hydrogens (tertiary/aromatic N) is 1. The molecule has 0 amide bonds. The second kappa shape index (κ2) is 4.04. The van der Waals surface area contributed by atoms with Gasteiger partial charge in [0.05, 0.1) is 5.75 Å². The van der Waals surface area contributed by atoms with E-state index in [1.165, 1.54) is 4.31 Å². The predicted octanol–water partition coefficient (Wildman–Crippen LogP) is -0.385. The zero-order valence-electron chi connectivity index (χ0n) is 7.24. The molecule has 0 saturated carbocycles. The van der Waals surface area contributed by atoms with Gasteiger partial charge in [0, 0.05) is 19.6 Å². The summed E-state index contributed by atoms with van der Waals surface area (Å²) in [6.45, 7) is 3.76. The topological polar surface area (TPSA) is 63.4 Å². The molecule has 0 spiro atoms. The normalized spacial score (nSPS) is 15.4. The van der Waals surface area contributed by atoms with E-state index in [2.05, 4.69) is 0 Å². The van der Waals surface area contributed by atoms with Gasteiger partial charge >= 0.3 is 0 Å². The number of hydrogen-bond donors (Lipinski definition) is 1. The minimum Gasteiger partial charge on any atom is -0.329 e. The zero-order chi connectivity index (χ0) is 9.07. The minimum atomic E-state index is -3.06. The maximum absolute atomic E-state index is 11.2. The van der Waals surface area contributed by atoms with Crippen LogP contribution in [0.3, 0.4) is 0 Å². The molecule has 5 heteroatoms. The Bertz CT molecular complexity index is 201. The average Bonchev–Trinajstić information content (AvgIpc) is 2.01. The van der Waals surface area contributed by atoms with Crippen LogP contribution < -0.4 is 5.73 Å². The fraction of sp³-hybridized carbons (Fsp3) is 1.00. The number of likely N-dealkylation sites (N-methyl/N-ethyl adjacent to an activating group) is 1. The van der Waals surface area contributed by atoms with Crippen LogP contribution in [0.25, 0.3) is 0 Å². The fourth-order valence-electron chi connectivity index (χ4n) is 0.626. The third-order valence-corrected chi connectivity index (χ3v) is 3.73. The Morgan fingerprint density at radius 3 is 2.27 bits per heavy atom. The van der Waals surface area contributed by atoms with Crippen LogP contribution in [0.15, 0.2) is 0 Å². The van der Waals surface area contributed by atoms with Gasteiger partial charge in [0.1, 0.15) is 0 Å². The summed E-state index contributed by atoms with van der Waals surface area (Å²) >= 11 is 0. The molecule has 0 rings (SSSR count). The highest BCUT2D eigenvalue weighted by Crippen LogP contribution is 2.02. The molecular formula is C6H16N2O2S. The Morgan fingerprint density at radius 2 is 2.00 bits per heavy atom. The van der Waals surface area contributed by atoms with E-state index < -0.39 is 10.0 Å². The molecule has 0 heterocycles. The minimum absolute atomic E-state index is 0.111. The monoisotopic (exact) mass is 180 g/mol. The van der Waals surface area contributed by atoms with Crippen LogP contribution in [0.2, 0.25) is 0 Å². The molecule has 4 nitrogen and oxygen atoms in total. The number of sulfonamides is 1. The molecule has 0 aromatic heterocycles. The van der Waals surface area contributed by atoms with Gasteiger partial charge < -0.3 is 5.73 Å². The highest BCUT2D eigenvalue weighted by Gasteiger charge is 2.19. The molecule has 68 valence electrons. The van der Waals surface area contributed by atoms with Crippen LogP contribution in [0.1, 0.15) is 13.8 Å². The third-order valence-electron chi connectivity index (χ3n) is 1.77. The Kier molecular flexibility index (Phi) is 3.99. The second-order valence-electron chi connectivity index (χ2n) is 2.50. The van der Waals surface area contributed by atoms with Gasteiger partial charge in [-0.15, -0.1) is 0 Å². The number of nitrogens with two attached hydrogens (primary N) is 1. The summed E-state index contributed by atoms with van der Waals surface area (Å²) in [6, 6.07) is -0.111. The molecule has 0 radical (unpaired) electrons. The Balaban J connectivity index is 4.36. The first kappa shape index (κ1) is 10.9. The Hall–Kier alpha value is -0.130. The van der Waals surface area contributed by atoms with Crippen LogP contribution >= 0.6 is 0 Å². The maximum Gasteiger partial charge on any atom is 0.213 e. The third kappa shape index (κ3) is 2.76. The van der Waals surface area contributed by atoms with E-state index in [0.29, 0.717) is 6.54 Å². The van der Waals surface area contributed by atoms with Crippen LogP contribution in [-0.4, -0.2) is 38.1 Å². The highest BCUT2D eigenvalue weighted by atomic mass is 32.2. The van der Waals surface area contributed by atoms with Crippen molar-refractivity contribution in [2.75, 3.05) is 19.3 Å². The maximum atomic E-state index is 11.2. The summed E-state index contributed by atoms with van der Waals surface area (Å²) in [5.74, 6) is 0.133. The summed E-state index contributed by atoms with van der Waals surface area (Å²) in [7, 11) is -1.50. The summed E-state index contributed by atoms with van der Waals surface area (Å²) < 4.78 is 23.7. The van der Waals surface area contributed by atoms with Crippen molar-refractivity contribution >= 4 is 10.0 Å². The lowest BCUT2D eigenvalue weighted by Gasteiger charge is -2.21. The molecule has 0 aromatic carbocycles. The van der Waals surface area contributed by atoms with E-state index in [-0.39, 0.29) is 11.8 Å². The lowest BCUT2D eigenvalue weighted by molar-refractivity contribution is 0.395.